The number of aliphatic hydroxyl groups is 1. The second-order valence-electron chi connectivity index (χ2n) is 8.56. The summed E-state index contributed by atoms with van der Waals surface area (Å²) in [6.45, 7) is 6.53. The predicted octanol–water partition coefficient (Wildman–Crippen LogP) is 3.59. The van der Waals surface area contributed by atoms with Crippen LogP contribution in [0.1, 0.15) is 50.0 Å². The molecule has 182 valence electrons. The molecule has 1 aromatic carbocycles. The highest BCUT2D eigenvalue weighted by molar-refractivity contribution is 7.09. The summed E-state index contributed by atoms with van der Waals surface area (Å²) < 4.78 is 0. The molecule has 1 heterocycles. The largest absolute Gasteiger partial charge is 0.391 e. The van der Waals surface area contributed by atoms with Crippen LogP contribution in [-0.2, 0) is 22.6 Å². The van der Waals surface area contributed by atoms with Crippen molar-refractivity contribution in [2.45, 2.75) is 58.6 Å². The van der Waals surface area contributed by atoms with Gasteiger partial charge in [-0.3, -0.25) is 9.59 Å². The molecule has 0 radical (unpaired) electrons. The minimum atomic E-state index is -0.759. The Morgan fingerprint density at radius 1 is 1.09 bits per heavy atom. The Bertz CT molecular complexity index is 807. The fourth-order valence-corrected chi connectivity index (χ4v) is 5.00. The molecule has 2 amide bonds. The smallest absolute Gasteiger partial charge is 0.222 e. The van der Waals surface area contributed by atoms with Crippen LogP contribution in [0.4, 0.5) is 0 Å². The molecule has 1 aromatic heterocycles. The average molecular weight is 474 g/mol. The number of aliphatic hydroxyl groups excluding tert-OH is 1. The number of hydrogen-bond donors (Lipinski definition) is 3. The molecule has 0 saturated carbocycles. The molecule has 0 spiro atoms. The molecule has 33 heavy (non-hydrogen) atoms. The summed E-state index contributed by atoms with van der Waals surface area (Å²) in [6, 6.07) is 14.0. The third kappa shape index (κ3) is 9.27. The average Bonchev–Trinajstić information content (AvgIpc) is 3.32. The number of carbonyl (C=O) groups excluding carboxylic acids is 2. The fourth-order valence-electron chi connectivity index (χ4n) is 4.22. The molecular formula is C26H39N3O3S. The van der Waals surface area contributed by atoms with Crippen molar-refractivity contribution in [3.05, 3.63) is 58.3 Å². The molecule has 0 aliphatic heterocycles. The summed E-state index contributed by atoms with van der Waals surface area (Å²) in [5.74, 6) is -1.33. The molecule has 0 bridgehead atoms. The van der Waals surface area contributed by atoms with E-state index in [1.807, 2.05) is 52.7 Å². The first-order valence-electron chi connectivity index (χ1n) is 12.0. The third-order valence-corrected chi connectivity index (χ3v) is 6.83. The standard InChI is InChI=1S/C26H39N3O3S/c1-3-14-29(15-4-2)25(31)13-12-22(26(27)32)23(17-21-11-8-16-33-21)24(30)19-28-18-20-9-6-5-7-10-20/h5-11,16,22-24,28,30H,3-4,12-15,17-19H2,1-2H3,(H2,27,32)/t22?,23-,24-/m0/s1. The van der Waals surface area contributed by atoms with E-state index in [0.717, 1.165) is 36.4 Å². The van der Waals surface area contributed by atoms with E-state index >= 15 is 0 Å². The molecule has 3 atom stereocenters. The van der Waals surface area contributed by atoms with Gasteiger partial charge in [0.1, 0.15) is 0 Å². The van der Waals surface area contributed by atoms with Crippen LogP contribution in [0, 0.1) is 11.8 Å². The number of benzene rings is 1. The van der Waals surface area contributed by atoms with Crippen molar-refractivity contribution in [1.82, 2.24) is 10.2 Å². The molecule has 7 heteroatoms. The minimum Gasteiger partial charge on any atom is -0.391 e. The van der Waals surface area contributed by atoms with Gasteiger partial charge in [-0.15, -0.1) is 11.3 Å². The Morgan fingerprint density at radius 3 is 2.36 bits per heavy atom. The van der Waals surface area contributed by atoms with Gasteiger partial charge in [-0.1, -0.05) is 50.2 Å². The van der Waals surface area contributed by atoms with Gasteiger partial charge in [0, 0.05) is 49.3 Å². The Morgan fingerprint density at radius 2 is 1.79 bits per heavy atom. The number of carbonyl (C=O) groups is 2. The predicted molar refractivity (Wildman–Crippen MR) is 135 cm³/mol. The van der Waals surface area contributed by atoms with Crippen LogP contribution in [0.25, 0.3) is 0 Å². The van der Waals surface area contributed by atoms with Gasteiger partial charge in [-0.2, -0.15) is 0 Å². The molecule has 0 aliphatic rings. The SMILES string of the molecule is CCCN(CCC)C(=O)CCC(C(N)=O)[C@H](Cc1cccs1)[C@@H](O)CNCc1ccccc1. The van der Waals surface area contributed by atoms with Crippen LogP contribution in [0.15, 0.2) is 47.8 Å². The zero-order chi connectivity index (χ0) is 24.1. The topological polar surface area (TPSA) is 95.7 Å². The lowest BCUT2D eigenvalue weighted by molar-refractivity contribution is -0.132. The summed E-state index contributed by atoms with van der Waals surface area (Å²) in [5.41, 5.74) is 6.94. The fraction of sp³-hybridized carbons (Fsp3) is 0.538. The first kappa shape index (κ1) is 27.0. The Hall–Kier alpha value is -2.22. The maximum atomic E-state index is 12.8. The van der Waals surface area contributed by atoms with Gasteiger partial charge in [0.25, 0.3) is 0 Å². The Kier molecular flexibility index (Phi) is 12.1. The second kappa shape index (κ2) is 14.8. The summed E-state index contributed by atoms with van der Waals surface area (Å²) in [6.07, 6.45) is 2.21. The molecule has 0 aliphatic carbocycles. The normalized spacial score (nSPS) is 13.9. The highest BCUT2D eigenvalue weighted by Gasteiger charge is 2.33. The Balaban J connectivity index is 2.07. The molecule has 1 unspecified atom stereocenters. The van der Waals surface area contributed by atoms with Crippen molar-refractivity contribution in [1.29, 1.82) is 0 Å². The van der Waals surface area contributed by atoms with Gasteiger partial charge >= 0.3 is 0 Å². The van der Waals surface area contributed by atoms with Gasteiger partial charge in [-0.25, -0.2) is 0 Å². The van der Waals surface area contributed by atoms with E-state index < -0.39 is 17.9 Å². The van der Waals surface area contributed by atoms with Gasteiger partial charge < -0.3 is 21.1 Å². The number of nitrogens with two attached hydrogens (primary N) is 1. The summed E-state index contributed by atoms with van der Waals surface area (Å²) in [4.78, 5) is 28.2. The van der Waals surface area contributed by atoms with E-state index in [2.05, 4.69) is 19.2 Å². The van der Waals surface area contributed by atoms with Crippen LogP contribution in [-0.4, -0.2) is 47.6 Å². The highest BCUT2D eigenvalue weighted by atomic mass is 32.1. The number of thiophene rings is 1. The molecule has 2 rings (SSSR count). The van der Waals surface area contributed by atoms with Gasteiger partial charge in [0.05, 0.1) is 6.10 Å². The number of nitrogens with one attached hydrogen (secondary N) is 1. The quantitative estimate of drug-likeness (QED) is 0.347. The van der Waals surface area contributed by atoms with Crippen LogP contribution < -0.4 is 11.1 Å². The van der Waals surface area contributed by atoms with E-state index in [0.29, 0.717) is 25.9 Å². The first-order chi connectivity index (χ1) is 16.0. The monoisotopic (exact) mass is 473 g/mol. The number of hydrogen-bond acceptors (Lipinski definition) is 5. The van der Waals surface area contributed by atoms with E-state index in [1.165, 1.54) is 0 Å². The molecule has 2 aromatic rings. The van der Waals surface area contributed by atoms with E-state index in [-0.39, 0.29) is 18.2 Å². The first-order valence-corrected chi connectivity index (χ1v) is 12.9. The van der Waals surface area contributed by atoms with Crippen LogP contribution >= 0.6 is 11.3 Å². The summed E-state index contributed by atoms with van der Waals surface area (Å²) in [5, 5.41) is 16.4. The Labute approximate surface area is 202 Å². The highest BCUT2D eigenvalue weighted by Crippen LogP contribution is 2.27. The second-order valence-corrected chi connectivity index (χ2v) is 9.59. The zero-order valence-electron chi connectivity index (χ0n) is 19.9. The van der Waals surface area contributed by atoms with Gasteiger partial charge in [-0.05, 0) is 42.7 Å². The molecule has 6 nitrogen and oxygen atoms in total. The van der Waals surface area contributed by atoms with Crippen molar-refractivity contribution < 1.29 is 14.7 Å². The number of amides is 2. The van der Waals surface area contributed by atoms with Crippen LogP contribution in [0.5, 0.6) is 0 Å². The van der Waals surface area contributed by atoms with E-state index in [1.54, 1.807) is 11.3 Å². The van der Waals surface area contributed by atoms with Gasteiger partial charge in [0.15, 0.2) is 0 Å². The minimum absolute atomic E-state index is 0.0523. The molecule has 4 N–H and O–H groups in total. The van der Waals surface area contributed by atoms with Gasteiger partial charge in [0.2, 0.25) is 11.8 Å². The van der Waals surface area contributed by atoms with Crippen molar-refractivity contribution >= 4 is 23.2 Å². The van der Waals surface area contributed by atoms with Crippen molar-refractivity contribution in [2.24, 2.45) is 17.6 Å². The number of rotatable bonds is 16. The van der Waals surface area contributed by atoms with Crippen molar-refractivity contribution in [3.8, 4) is 0 Å². The molecular weight excluding hydrogens is 434 g/mol. The maximum absolute atomic E-state index is 12.8. The van der Waals surface area contributed by atoms with E-state index in [9.17, 15) is 14.7 Å². The number of nitrogens with zero attached hydrogens (tertiary/aromatic N) is 1. The van der Waals surface area contributed by atoms with Crippen LogP contribution in [0.2, 0.25) is 0 Å². The number of primary amides is 1. The maximum Gasteiger partial charge on any atom is 0.222 e. The molecule has 0 fully saturated rings. The van der Waals surface area contributed by atoms with Crippen molar-refractivity contribution in [2.75, 3.05) is 19.6 Å². The van der Waals surface area contributed by atoms with E-state index in [4.69, 9.17) is 5.73 Å². The zero-order valence-corrected chi connectivity index (χ0v) is 20.7. The third-order valence-electron chi connectivity index (χ3n) is 5.93. The lowest BCUT2D eigenvalue weighted by atomic mass is 9.80. The van der Waals surface area contributed by atoms with Crippen LogP contribution in [0.3, 0.4) is 0 Å². The summed E-state index contributed by atoms with van der Waals surface area (Å²) in [7, 11) is 0. The lowest BCUT2D eigenvalue weighted by Gasteiger charge is -2.30. The lowest BCUT2D eigenvalue weighted by Crippen LogP contribution is -2.43. The molecule has 0 saturated heterocycles. The van der Waals surface area contributed by atoms with Crippen molar-refractivity contribution in [3.63, 3.8) is 0 Å². The summed E-state index contributed by atoms with van der Waals surface area (Å²) >= 11 is 1.60.